The third-order valence-electron chi connectivity index (χ3n) is 3.52. The maximum absolute atomic E-state index is 12.9. The van der Waals surface area contributed by atoms with Gasteiger partial charge in [-0.1, -0.05) is 18.2 Å². The van der Waals surface area contributed by atoms with Gasteiger partial charge in [0.2, 0.25) is 5.88 Å². The molecule has 0 saturated heterocycles. The Kier molecular flexibility index (Phi) is 4.11. The van der Waals surface area contributed by atoms with Gasteiger partial charge in [-0.05, 0) is 42.5 Å². The predicted molar refractivity (Wildman–Crippen MR) is 88.8 cm³/mol. The summed E-state index contributed by atoms with van der Waals surface area (Å²) in [5.74, 6) is 0.434. The monoisotopic (exact) mass is 372 g/mol. The molecule has 2 aromatic carbocycles. The van der Waals surface area contributed by atoms with Gasteiger partial charge in [-0.15, -0.1) is 15.3 Å². The van der Waals surface area contributed by atoms with Crippen molar-refractivity contribution < 1.29 is 22.6 Å². The molecule has 0 atom stereocenters. The summed E-state index contributed by atoms with van der Waals surface area (Å²) in [7, 11) is 0. The highest BCUT2D eigenvalue weighted by Crippen LogP contribution is 2.29. The Bertz CT molecular complexity index is 1060. The number of nitrogens with zero attached hydrogens (tertiary/aromatic N) is 4. The maximum atomic E-state index is 12.9. The van der Waals surface area contributed by atoms with Crippen LogP contribution < -0.4 is 9.47 Å². The molecule has 27 heavy (non-hydrogen) atoms. The molecule has 0 spiro atoms. The van der Waals surface area contributed by atoms with Crippen LogP contribution in [0.2, 0.25) is 0 Å². The number of fused-ring (bicyclic) bond motifs is 1. The number of alkyl halides is 3. The Morgan fingerprint density at radius 2 is 1.33 bits per heavy atom. The highest BCUT2D eigenvalue weighted by molar-refractivity contribution is 5.40. The largest absolute Gasteiger partial charge is 0.457 e. The van der Waals surface area contributed by atoms with Gasteiger partial charge >= 0.3 is 6.18 Å². The van der Waals surface area contributed by atoms with Gasteiger partial charge in [0.15, 0.2) is 5.65 Å². The number of hydrogen-bond acceptors (Lipinski definition) is 5. The van der Waals surface area contributed by atoms with Crippen LogP contribution in [0.3, 0.4) is 0 Å². The zero-order chi connectivity index (χ0) is 18.9. The summed E-state index contributed by atoms with van der Waals surface area (Å²) in [5, 5.41) is 10.4. The first-order chi connectivity index (χ1) is 13.0. The molecule has 0 fully saturated rings. The number of aromatic nitrogens is 4. The fourth-order valence-corrected chi connectivity index (χ4v) is 2.32. The molecule has 136 valence electrons. The van der Waals surface area contributed by atoms with E-state index in [2.05, 4.69) is 15.3 Å². The first kappa shape index (κ1) is 16.8. The molecule has 0 N–H and O–H groups in total. The van der Waals surface area contributed by atoms with Gasteiger partial charge in [-0.3, -0.25) is 0 Å². The minimum Gasteiger partial charge on any atom is -0.457 e. The van der Waals surface area contributed by atoms with Crippen LogP contribution in [0.15, 0.2) is 66.7 Å². The number of hydrogen-bond donors (Lipinski definition) is 0. The summed E-state index contributed by atoms with van der Waals surface area (Å²) in [6.45, 7) is 0. The molecule has 0 amide bonds. The first-order valence-corrected chi connectivity index (χ1v) is 7.79. The van der Waals surface area contributed by atoms with Gasteiger partial charge in [-0.25, -0.2) is 0 Å². The van der Waals surface area contributed by atoms with E-state index in [-0.39, 0.29) is 11.5 Å². The second-order valence-electron chi connectivity index (χ2n) is 5.45. The number of rotatable bonds is 4. The second kappa shape index (κ2) is 6.60. The van der Waals surface area contributed by atoms with Crippen molar-refractivity contribution in [3.8, 4) is 23.1 Å². The molecule has 0 unspecified atom stereocenters. The molecule has 4 rings (SSSR count). The Morgan fingerprint density at radius 3 is 2.00 bits per heavy atom. The molecule has 0 aliphatic carbocycles. The van der Waals surface area contributed by atoms with Crippen molar-refractivity contribution >= 4 is 5.65 Å². The third kappa shape index (κ3) is 3.66. The van der Waals surface area contributed by atoms with Gasteiger partial charge in [0.25, 0.3) is 5.82 Å². The van der Waals surface area contributed by atoms with E-state index in [1.54, 1.807) is 24.3 Å². The van der Waals surface area contributed by atoms with Crippen LogP contribution in [-0.2, 0) is 6.18 Å². The smallest absolute Gasteiger partial charge is 0.453 e. The molecule has 0 aliphatic rings. The minimum absolute atomic E-state index is 0.0236. The standard InChI is InChI=1S/C18H11F3N4O2/c19-18(20,21)17-23-22-15-10-11-16(24-25(15)17)27-14-8-6-13(7-9-14)26-12-4-2-1-3-5-12/h1-11H. The van der Waals surface area contributed by atoms with Gasteiger partial charge in [0, 0.05) is 6.07 Å². The number of halogens is 3. The van der Waals surface area contributed by atoms with Crippen molar-refractivity contribution in [2.45, 2.75) is 6.18 Å². The van der Waals surface area contributed by atoms with Crippen molar-refractivity contribution in [2.75, 3.05) is 0 Å². The first-order valence-electron chi connectivity index (χ1n) is 7.79. The molecular formula is C18H11F3N4O2. The summed E-state index contributed by atoms with van der Waals surface area (Å²) in [4.78, 5) is 0. The van der Waals surface area contributed by atoms with Crippen LogP contribution >= 0.6 is 0 Å². The number of benzene rings is 2. The molecule has 0 bridgehead atoms. The Balaban J connectivity index is 1.53. The lowest BCUT2D eigenvalue weighted by Gasteiger charge is -2.08. The van der Waals surface area contributed by atoms with Crippen molar-refractivity contribution in [3.63, 3.8) is 0 Å². The van der Waals surface area contributed by atoms with E-state index in [0.717, 1.165) is 0 Å². The van der Waals surface area contributed by atoms with Crippen LogP contribution in [0.4, 0.5) is 13.2 Å². The molecule has 0 aliphatic heterocycles. The lowest BCUT2D eigenvalue weighted by atomic mass is 10.3. The van der Waals surface area contributed by atoms with E-state index in [9.17, 15) is 13.2 Å². The van der Waals surface area contributed by atoms with Crippen LogP contribution in [-0.4, -0.2) is 19.8 Å². The van der Waals surface area contributed by atoms with Crippen LogP contribution in [0, 0.1) is 0 Å². The lowest BCUT2D eigenvalue weighted by Crippen LogP contribution is -2.12. The lowest BCUT2D eigenvalue weighted by molar-refractivity contribution is -0.146. The van der Waals surface area contributed by atoms with E-state index >= 15 is 0 Å². The zero-order valence-electron chi connectivity index (χ0n) is 13.6. The van der Waals surface area contributed by atoms with E-state index in [1.165, 1.54) is 12.1 Å². The summed E-state index contributed by atoms with van der Waals surface area (Å²) >= 11 is 0. The van der Waals surface area contributed by atoms with Crippen molar-refractivity contribution in [1.29, 1.82) is 0 Å². The summed E-state index contributed by atoms with van der Waals surface area (Å²) in [5.41, 5.74) is -0.0266. The van der Waals surface area contributed by atoms with E-state index in [1.807, 2.05) is 30.3 Å². The summed E-state index contributed by atoms with van der Waals surface area (Å²) in [6, 6.07) is 18.6. The normalized spacial score (nSPS) is 11.5. The van der Waals surface area contributed by atoms with Crippen molar-refractivity contribution in [3.05, 3.63) is 72.6 Å². The van der Waals surface area contributed by atoms with Crippen molar-refractivity contribution in [2.24, 2.45) is 0 Å². The molecule has 2 heterocycles. The molecule has 0 saturated carbocycles. The average Bonchev–Trinajstić information content (AvgIpc) is 3.08. The fraction of sp³-hybridized carbons (Fsp3) is 0.0556. The van der Waals surface area contributed by atoms with Gasteiger partial charge < -0.3 is 9.47 Å². The molecule has 2 aromatic heterocycles. The topological polar surface area (TPSA) is 61.5 Å². The van der Waals surface area contributed by atoms with Gasteiger partial charge in [0.1, 0.15) is 17.2 Å². The molecule has 4 aromatic rings. The van der Waals surface area contributed by atoms with Crippen LogP contribution in [0.25, 0.3) is 5.65 Å². The Morgan fingerprint density at radius 1 is 0.704 bits per heavy atom. The van der Waals surface area contributed by atoms with Crippen LogP contribution in [0.5, 0.6) is 23.1 Å². The highest BCUT2D eigenvalue weighted by atomic mass is 19.4. The van der Waals surface area contributed by atoms with E-state index < -0.39 is 12.0 Å². The Labute approximate surface area is 150 Å². The Hall–Kier alpha value is -3.62. The fourth-order valence-electron chi connectivity index (χ4n) is 2.32. The molecule has 6 nitrogen and oxygen atoms in total. The zero-order valence-corrected chi connectivity index (χ0v) is 13.6. The maximum Gasteiger partial charge on any atom is 0.453 e. The molecular weight excluding hydrogens is 361 g/mol. The molecule has 0 radical (unpaired) electrons. The quantitative estimate of drug-likeness (QED) is 0.518. The van der Waals surface area contributed by atoms with Gasteiger partial charge in [-0.2, -0.15) is 17.7 Å². The average molecular weight is 372 g/mol. The summed E-state index contributed by atoms with van der Waals surface area (Å²) in [6.07, 6.45) is -4.67. The highest BCUT2D eigenvalue weighted by Gasteiger charge is 2.37. The van der Waals surface area contributed by atoms with Gasteiger partial charge in [0.05, 0.1) is 0 Å². The molecule has 9 heteroatoms. The van der Waals surface area contributed by atoms with E-state index in [4.69, 9.17) is 9.47 Å². The van der Waals surface area contributed by atoms with Crippen LogP contribution in [0.1, 0.15) is 5.82 Å². The SMILES string of the molecule is FC(F)(F)c1nnc2ccc(Oc3ccc(Oc4ccccc4)cc3)nn12. The summed E-state index contributed by atoms with van der Waals surface area (Å²) < 4.78 is 50.5. The number of ether oxygens (including phenoxy) is 2. The second-order valence-corrected chi connectivity index (χ2v) is 5.45. The predicted octanol–water partition coefficient (Wildman–Crippen LogP) is 4.73. The van der Waals surface area contributed by atoms with Crippen molar-refractivity contribution in [1.82, 2.24) is 19.8 Å². The minimum atomic E-state index is -4.67. The number of para-hydroxylation sites is 1. The van der Waals surface area contributed by atoms with E-state index in [0.29, 0.717) is 21.8 Å². The third-order valence-corrected chi connectivity index (χ3v) is 3.52.